The zero-order valence-corrected chi connectivity index (χ0v) is 18.4. The van der Waals surface area contributed by atoms with Crippen molar-refractivity contribution in [2.45, 2.75) is 64.2 Å². The highest BCUT2D eigenvalue weighted by molar-refractivity contribution is 7.99. The van der Waals surface area contributed by atoms with Gasteiger partial charge in [0.2, 0.25) is 5.91 Å². The SMILES string of the molecule is CC(C)n1c(SCC(=O)N[C@@H]2CCC[C@@H](C)[C@H]2C)nc2cc(Cl)ccc2c1=O. The number of amides is 1. The maximum Gasteiger partial charge on any atom is 0.262 e. The Morgan fingerprint density at radius 2 is 2.11 bits per heavy atom. The standard InChI is InChI=1S/C21H28ClN3O2S/c1-12(2)25-20(27)16-9-8-15(22)10-18(16)24-21(25)28-11-19(26)23-17-7-5-6-13(3)14(17)4/h8-10,12-14,17H,5-7,11H2,1-4H3,(H,23,26)/t13-,14-,17-/m1/s1. The lowest BCUT2D eigenvalue weighted by molar-refractivity contribution is -0.120. The van der Waals surface area contributed by atoms with E-state index in [9.17, 15) is 9.59 Å². The van der Waals surface area contributed by atoms with Gasteiger partial charge in [0.05, 0.1) is 16.7 Å². The zero-order chi connectivity index (χ0) is 20.4. The van der Waals surface area contributed by atoms with Crippen LogP contribution in [0.5, 0.6) is 0 Å². The number of hydrogen-bond acceptors (Lipinski definition) is 4. The van der Waals surface area contributed by atoms with E-state index in [0.717, 1.165) is 12.8 Å². The summed E-state index contributed by atoms with van der Waals surface area (Å²) in [5.41, 5.74) is 0.460. The first-order valence-corrected chi connectivity index (χ1v) is 11.3. The predicted octanol–water partition coefficient (Wildman–Crippen LogP) is 4.66. The molecule has 152 valence electrons. The summed E-state index contributed by atoms with van der Waals surface area (Å²) in [5.74, 6) is 1.34. The van der Waals surface area contributed by atoms with Crippen molar-refractivity contribution in [1.29, 1.82) is 0 Å². The zero-order valence-electron chi connectivity index (χ0n) is 16.9. The molecule has 1 amide bonds. The van der Waals surface area contributed by atoms with E-state index in [2.05, 4.69) is 24.1 Å². The number of thioether (sulfide) groups is 1. The van der Waals surface area contributed by atoms with Gasteiger partial charge in [0.25, 0.3) is 5.56 Å². The summed E-state index contributed by atoms with van der Waals surface area (Å²) in [6, 6.07) is 5.28. The largest absolute Gasteiger partial charge is 0.352 e. The molecule has 1 saturated carbocycles. The molecule has 28 heavy (non-hydrogen) atoms. The Balaban J connectivity index is 1.78. The first-order valence-electron chi connectivity index (χ1n) is 9.92. The molecule has 1 heterocycles. The van der Waals surface area contributed by atoms with E-state index in [1.807, 2.05) is 13.8 Å². The molecule has 0 bridgehead atoms. The third kappa shape index (κ3) is 4.54. The van der Waals surface area contributed by atoms with Crippen molar-refractivity contribution < 1.29 is 4.79 Å². The smallest absolute Gasteiger partial charge is 0.262 e. The van der Waals surface area contributed by atoms with Gasteiger partial charge in [-0.3, -0.25) is 14.2 Å². The quantitative estimate of drug-likeness (QED) is 0.563. The minimum atomic E-state index is -0.102. The number of nitrogens with zero attached hydrogens (tertiary/aromatic N) is 2. The van der Waals surface area contributed by atoms with Crippen LogP contribution >= 0.6 is 23.4 Å². The number of nitrogens with one attached hydrogen (secondary N) is 1. The lowest BCUT2D eigenvalue weighted by Crippen LogP contribution is -2.44. The van der Waals surface area contributed by atoms with Gasteiger partial charge in [-0.05, 0) is 50.3 Å². The summed E-state index contributed by atoms with van der Waals surface area (Å²) < 4.78 is 1.65. The second-order valence-electron chi connectivity index (χ2n) is 8.05. The third-order valence-electron chi connectivity index (χ3n) is 5.73. The fraction of sp³-hybridized carbons (Fsp3) is 0.571. The Kier molecular flexibility index (Phi) is 6.71. The molecule has 0 spiro atoms. The van der Waals surface area contributed by atoms with Gasteiger partial charge in [0.1, 0.15) is 0 Å². The van der Waals surface area contributed by atoms with Crippen molar-refractivity contribution in [1.82, 2.24) is 14.9 Å². The molecule has 5 nitrogen and oxygen atoms in total. The number of carbonyl (C=O) groups is 1. The van der Waals surface area contributed by atoms with Gasteiger partial charge in [-0.1, -0.05) is 50.1 Å². The van der Waals surface area contributed by atoms with Gasteiger partial charge in [-0.15, -0.1) is 0 Å². The highest BCUT2D eigenvalue weighted by Gasteiger charge is 2.28. The first-order chi connectivity index (χ1) is 13.3. The second-order valence-corrected chi connectivity index (χ2v) is 9.43. The lowest BCUT2D eigenvalue weighted by atomic mass is 9.78. The molecule has 0 aliphatic heterocycles. The summed E-state index contributed by atoms with van der Waals surface area (Å²) in [6.45, 7) is 8.36. The highest BCUT2D eigenvalue weighted by Crippen LogP contribution is 2.29. The van der Waals surface area contributed by atoms with E-state index in [4.69, 9.17) is 11.6 Å². The van der Waals surface area contributed by atoms with E-state index in [1.165, 1.54) is 18.2 Å². The Morgan fingerprint density at radius 1 is 1.36 bits per heavy atom. The predicted molar refractivity (Wildman–Crippen MR) is 116 cm³/mol. The van der Waals surface area contributed by atoms with Crippen molar-refractivity contribution in [2.24, 2.45) is 11.8 Å². The van der Waals surface area contributed by atoms with E-state index in [1.54, 1.807) is 22.8 Å². The normalized spacial score (nSPS) is 22.6. The van der Waals surface area contributed by atoms with E-state index in [-0.39, 0.29) is 29.3 Å². The summed E-state index contributed by atoms with van der Waals surface area (Å²) >= 11 is 7.37. The van der Waals surface area contributed by atoms with Crippen LogP contribution in [0.2, 0.25) is 5.02 Å². The molecular weight excluding hydrogens is 394 g/mol. The maximum absolute atomic E-state index is 12.9. The van der Waals surface area contributed by atoms with E-state index < -0.39 is 0 Å². The van der Waals surface area contributed by atoms with Gasteiger partial charge < -0.3 is 5.32 Å². The third-order valence-corrected chi connectivity index (χ3v) is 6.92. The molecule has 1 aromatic carbocycles. The molecule has 1 fully saturated rings. The van der Waals surface area contributed by atoms with E-state index >= 15 is 0 Å². The van der Waals surface area contributed by atoms with Crippen molar-refractivity contribution in [3.8, 4) is 0 Å². The van der Waals surface area contributed by atoms with Crippen LogP contribution in [-0.2, 0) is 4.79 Å². The van der Waals surface area contributed by atoms with Gasteiger partial charge in [-0.25, -0.2) is 4.98 Å². The molecule has 1 N–H and O–H groups in total. The Bertz CT molecular complexity index is 928. The minimum Gasteiger partial charge on any atom is -0.352 e. The number of benzene rings is 1. The number of halogens is 1. The average Bonchev–Trinajstić information content (AvgIpc) is 2.63. The number of carbonyl (C=O) groups excluding carboxylic acids is 1. The number of rotatable bonds is 5. The second kappa shape index (κ2) is 8.87. The van der Waals surface area contributed by atoms with Crippen LogP contribution in [0.25, 0.3) is 10.9 Å². The molecule has 7 heteroatoms. The van der Waals surface area contributed by atoms with Crippen molar-refractivity contribution in [2.75, 3.05) is 5.75 Å². The highest BCUT2D eigenvalue weighted by atomic mass is 35.5. The van der Waals surface area contributed by atoms with Crippen LogP contribution in [-0.4, -0.2) is 27.3 Å². The molecule has 0 radical (unpaired) electrons. The topological polar surface area (TPSA) is 64.0 Å². The number of hydrogen-bond donors (Lipinski definition) is 1. The van der Waals surface area contributed by atoms with Crippen LogP contribution in [0.3, 0.4) is 0 Å². The Labute approximate surface area is 175 Å². The van der Waals surface area contributed by atoms with Crippen LogP contribution in [0.4, 0.5) is 0 Å². The molecule has 1 aromatic heterocycles. The molecule has 1 aliphatic carbocycles. The van der Waals surface area contributed by atoms with Crippen LogP contribution < -0.4 is 10.9 Å². The molecular formula is C21H28ClN3O2S. The van der Waals surface area contributed by atoms with Gasteiger partial charge in [0.15, 0.2) is 5.16 Å². The summed E-state index contributed by atoms with van der Waals surface area (Å²) in [6.07, 6.45) is 3.42. The molecule has 1 aliphatic rings. The molecule has 2 aromatic rings. The first kappa shape index (κ1) is 21.2. The average molecular weight is 422 g/mol. The van der Waals surface area contributed by atoms with Crippen LogP contribution in [0, 0.1) is 11.8 Å². The van der Waals surface area contributed by atoms with Gasteiger partial charge in [-0.2, -0.15) is 0 Å². The Hall–Kier alpha value is -1.53. The van der Waals surface area contributed by atoms with Crippen molar-refractivity contribution in [3.05, 3.63) is 33.6 Å². The monoisotopic (exact) mass is 421 g/mol. The van der Waals surface area contributed by atoms with Crippen molar-refractivity contribution >= 4 is 40.2 Å². The van der Waals surface area contributed by atoms with Crippen LogP contribution in [0.1, 0.15) is 53.0 Å². The minimum absolute atomic E-state index is 0.00769. The number of aromatic nitrogens is 2. The summed E-state index contributed by atoms with van der Waals surface area (Å²) in [5, 5.41) is 4.81. The molecule has 3 atom stereocenters. The number of fused-ring (bicyclic) bond motifs is 1. The Morgan fingerprint density at radius 3 is 2.82 bits per heavy atom. The fourth-order valence-corrected chi connectivity index (χ4v) is 4.98. The molecule has 3 rings (SSSR count). The van der Waals surface area contributed by atoms with Crippen molar-refractivity contribution in [3.63, 3.8) is 0 Å². The van der Waals surface area contributed by atoms with E-state index in [0.29, 0.717) is 32.9 Å². The molecule has 0 unspecified atom stereocenters. The van der Waals surface area contributed by atoms with Gasteiger partial charge in [0, 0.05) is 17.1 Å². The van der Waals surface area contributed by atoms with Crippen LogP contribution in [0.15, 0.2) is 28.2 Å². The summed E-state index contributed by atoms with van der Waals surface area (Å²) in [7, 11) is 0. The fourth-order valence-electron chi connectivity index (χ4n) is 3.87. The lowest BCUT2D eigenvalue weighted by Gasteiger charge is -2.34. The maximum atomic E-state index is 12.9. The molecule has 0 saturated heterocycles. The van der Waals surface area contributed by atoms with Gasteiger partial charge >= 0.3 is 0 Å². The summed E-state index contributed by atoms with van der Waals surface area (Å²) in [4.78, 5) is 30.1.